The minimum atomic E-state index is -0.786. The van der Waals surface area contributed by atoms with Crippen LogP contribution >= 0.6 is 0 Å². The molecule has 0 fully saturated rings. The molecular weight excluding hydrogens is 352 g/mol. The monoisotopic (exact) mass is 374 g/mol. The minimum Gasteiger partial charge on any atom is -0.504 e. The lowest BCUT2D eigenvalue weighted by atomic mass is 9.98. The number of unbranched alkanes of at least 4 members (excludes halogenated alkanes) is 1. The number of hydrogen-bond donors (Lipinski definition) is 4. The molecule has 1 aliphatic rings. The predicted molar refractivity (Wildman–Crippen MR) is 99.5 cm³/mol. The van der Waals surface area contributed by atoms with Gasteiger partial charge >= 0.3 is 11.7 Å². The number of amides is 2. The number of nitrogens with zero attached hydrogens (tertiary/aromatic N) is 1. The molecule has 9 nitrogen and oxygen atoms in total. The molecule has 1 aliphatic heterocycles. The molecule has 0 aliphatic carbocycles. The van der Waals surface area contributed by atoms with Crippen LogP contribution in [0.4, 0.5) is 10.6 Å². The van der Waals surface area contributed by atoms with Crippen LogP contribution in [0.1, 0.15) is 43.9 Å². The van der Waals surface area contributed by atoms with E-state index in [4.69, 9.17) is 4.74 Å². The van der Waals surface area contributed by atoms with Crippen molar-refractivity contribution >= 4 is 11.8 Å². The molecule has 3 rings (SSSR count). The first kappa shape index (κ1) is 18.6. The topological polar surface area (TPSA) is 125 Å². The maximum absolute atomic E-state index is 12.5. The van der Waals surface area contributed by atoms with Gasteiger partial charge in [-0.25, -0.2) is 9.59 Å². The number of nitrogens with one attached hydrogen (secondary N) is 3. The van der Waals surface area contributed by atoms with E-state index in [1.54, 1.807) is 19.1 Å². The lowest BCUT2D eigenvalue weighted by Crippen LogP contribution is -2.46. The number of phenols is 1. The zero-order valence-electron chi connectivity index (χ0n) is 15.2. The number of carbonyl (C=O) groups excluding carboxylic acids is 1. The summed E-state index contributed by atoms with van der Waals surface area (Å²) in [5.41, 5.74) is -0.350. The Morgan fingerprint density at radius 2 is 2.00 bits per heavy atom. The van der Waals surface area contributed by atoms with E-state index in [2.05, 4.69) is 15.6 Å². The molecule has 1 aromatic carbocycles. The van der Waals surface area contributed by atoms with Gasteiger partial charge in [0.15, 0.2) is 11.5 Å². The van der Waals surface area contributed by atoms with Crippen molar-refractivity contribution in [2.45, 2.75) is 39.3 Å². The fraction of sp³-hybridized carbons (Fsp3) is 0.389. The van der Waals surface area contributed by atoms with E-state index in [0.717, 1.165) is 12.8 Å². The van der Waals surface area contributed by atoms with E-state index in [-0.39, 0.29) is 22.9 Å². The van der Waals surface area contributed by atoms with Crippen molar-refractivity contribution in [1.82, 2.24) is 14.9 Å². The number of anilines is 1. The van der Waals surface area contributed by atoms with E-state index < -0.39 is 23.3 Å². The standard InChI is InChI=1S/C18H22N4O5/c1-3-5-8-22-15-13(16(24)21-18(22)26)14(19-17(25)20-15)10-6-7-11(23)12(9-10)27-4-2/h6-7,9,14,23H,3-5,8H2,1-2H3,(H2,19,20,25)(H,21,24,26). The Balaban J connectivity index is 2.16. The Morgan fingerprint density at radius 1 is 1.22 bits per heavy atom. The molecule has 0 saturated carbocycles. The first-order valence-electron chi connectivity index (χ1n) is 8.86. The van der Waals surface area contributed by atoms with Gasteiger partial charge in [0.25, 0.3) is 5.56 Å². The first-order chi connectivity index (χ1) is 13.0. The molecule has 1 atom stereocenters. The zero-order valence-corrected chi connectivity index (χ0v) is 15.2. The number of fused-ring (bicyclic) bond motifs is 1. The SMILES string of the molecule is CCCCn1c2c(c(=O)[nH]c1=O)C(c1ccc(O)c(OCC)c1)NC(=O)N2. The number of rotatable bonds is 6. The quantitative estimate of drug-likeness (QED) is 0.612. The summed E-state index contributed by atoms with van der Waals surface area (Å²) in [6, 6.07) is 3.30. The van der Waals surface area contributed by atoms with Crippen LogP contribution < -0.4 is 26.6 Å². The van der Waals surface area contributed by atoms with Crippen LogP contribution in [0.15, 0.2) is 27.8 Å². The molecular formula is C18H22N4O5. The molecule has 144 valence electrons. The fourth-order valence-corrected chi connectivity index (χ4v) is 3.10. The average Bonchev–Trinajstić information content (AvgIpc) is 2.62. The van der Waals surface area contributed by atoms with Crippen molar-refractivity contribution in [2.75, 3.05) is 11.9 Å². The van der Waals surface area contributed by atoms with E-state index in [1.165, 1.54) is 10.6 Å². The highest BCUT2D eigenvalue weighted by molar-refractivity contribution is 5.92. The number of hydrogen-bond acceptors (Lipinski definition) is 5. The third-order valence-corrected chi connectivity index (χ3v) is 4.38. The van der Waals surface area contributed by atoms with Crippen molar-refractivity contribution in [2.24, 2.45) is 0 Å². The fourth-order valence-electron chi connectivity index (χ4n) is 3.10. The second-order valence-electron chi connectivity index (χ2n) is 6.22. The van der Waals surface area contributed by atoms with Gasteiger partial charge in [-0.3, -0.25) is 19.7 Å². The molecule has 27 heavy (non-hydrogen) atoms. The second-order valence-corrected chi connectivity index (χ2v) is 6.22. The van der Waals surface area contributed by atoms with E-state index in [1.807, 2.05) is 6.92 Å². The van der Waals surface area contributed by atoms with Crippen LogP contribution in [0.3, 0.4) is 0 Å². The molecule has 1 unspecified atom stereocenters. The number of ether oxygens (including phenoxy) is 1. The van der Waals surface area contributed by atoms with Crippen LogP contribution in [-0.2, 0) is 6.54 Å². The Hall–Kier alpha value is -3.23. The van der Waals surface area contributed by atoms with Crippen molar-refractivity contribution in [1.29, 1.82) is 0 Å². The smallest absolute Gasteiger partial charge is 0.329 e. The summed E-state index contributed by atoms with van der Waals surface area (Å²) < 4.78 is 6.76. The van der Waals surface area contributed by atoms with Gasteiger partial charge in [0, 0.05) is 6.54 Å². The number of aromatic amines is 1. The number of H-pyrrole nitrogens is 1. The Kier molecular flexibility index (Phi) is 5.20. The lowest BCUT2D eigenvalue weighted by Gasteiger charge is -2.28. The van der Waals surface area contributed by atoms with Gasteiger partial charge in [0.2, 0.25) is 0 Å². The summed E-state index contributed by atoms with van der Waals surface area (Å²) in [4.78, 5) is 39.3. The molecule has 0 radical (unpaired) electrons. The van der Waals surface area contributed by atoms with Crippen LogP contribution in [0, 0.1) is 0 Å². The van der Waals surface area contributed by atoms with Crippen LogP contribution in [0.2, 0.25) is 0 Å². The van der Waals surface area contributed by atoms with Gasteiger partial charge in [0.1, 0.15) is 5.82 Å². The molecule has 2 aromatic rings. The summed E-state index contributed by atoms with van der Waals surface area (Å²) in [5, 5.41) is 15.2. The highest BCUT2D eigenvalue weighted by atomic mass is 16.5. The number of urea groups is 1. The highest BCUT2D eigenvalue weighted by Crippen LogP contribution is 2.34. The Labute approximate surface area is 155 Å². The van der Waals surface area contributed by atoms with Gasteiger partial charge in [-0.1, -0.05) is 19.4 Å². The van der Waals surface area contributed by atoms with Gasteiger partial charge in [-0.15, -0.1) is 0 Å². The van der Waals surface area contributed by atoms with E-state index in [0.29, 0.717) is 18.7 Å². The molecule has 0 spiro atoms. The maximum Gasteiger partial charge on any atom is 0.329 e. The second kappa shape index (κ2) is 7.56. The largest absolute Gasteiger partial charge is 0.504 e. The highest BCUT2D eigenvalue weighted by Gasteiger charge is 2.31. The molecule has 0 bridgehead atoms. The van der Waals surface area contributed by atoms with Gasteiger partial charge in [-0.2, -0.15) is 0 Å². The molecule has 1 aromatic heterocycles. The number of carbonyl (C=O) groups is 1. The Bertz CT molecular complexity index is 979. The summed E-state index contributed by atoms with van der Waals surface area (Å²) in [6.07, 6.45) is 1.58. The Morgan fingerprint density at radius 3 is 2.70 bits per heavy atom. The lowest BCUT2D eigenvalue weighted by molar-refractivity contribution is 0.248. The van der Waals surface area contributed by atoms with Crippen LogP contribution in [-0.4, -0.2) is 27.3 Å². The first-order valence-corrected chi connectivity index (χ1v) is 8.86. The van der Waals surface area contributed by atoms with Crippen LogP contribution in [0.5, 0.6) is 11.5 Å². The third kappa shape index (κ3) is 3.53. The normalized spacial score (nSPS) is 15.6. The molecule has 9 heteroatoms. The predicted octanol–water partition coefficient (Wildman–Crippen LogP) is 1.67. The molecule has 0 saturated heterocycles. The number of aromatic nitrogens is 2. The van der Waals surface area contributed by atoms with Crippen molar-refractivity contribution in [3.05, 3.63) is 50.2 Å². The molecule has 2 amide bonds. The van der Waals surface area contributed by atoms with Crippen molar-refractivity contribution < 1.29 is 14.6 Å². The summed E-state index contributed by atoms with van der Waals surface area (Å²) in [5.74, 6) is 0.403. The average molecular weight is 374 g/mol. The van der Waals surface area contributed by atoms with E-state index >= 15 is 0 Å². The third-order valence-electron chi connectivity index (χ3n) is 4.38. The van der Waals surface area contributed by atoms with Crippen molar-refractivity contribution in [3.63, 3.8) is 0 Å². The summed E-state index contributed by atoms with van der Waals surface area (Å²) in [6.45, 7) is 4.49. The minimum absolute atomic E-state index is 0.0390. The number of benzene rings is 1. The van der Waals surface area contributed by atoms with Gasteiger partial charge in [-0.05, 0) is 31.0 Å². The molecule has 4 N–H and O–H groups in total. The van der Waals surface area contributed by atoms with E-state index in [9.17, 15) is 19.5 Å². The van der Waals surface area contributed by atoms with Crippen LogP contribution in [0.25, 0.3) is 0 Å². The zero-order chi connectivity index (χ0) is 19.6. The van der Waals surface area contributed by atoms with Gasteiger partial charge in [0.05, 0.1) is 18.2 Å². The van der Waals surface area contributed by atoms with Crippen molar-refractivity contribution in [3.8, 4) is 11.5 Å². The maximum atomic E-state index is 12.5. The van der Waals surface area contributed by atoms with Gasteiger partial charge < -0.3 is 15.2 Å². The summed E-state index contributed by atoms with van der Waals surface area (Å²) in [7, 11) is 0. The molecule has 2 heterocycles. The number of aromatic hydroxyl groups is 1. The summed E-state index contributed by atoms with van der Waals surface area (Å²) >= 11 is 0. The number of phenolic OH excluding ortho intramolecular Hbond substituents is 1.